The van der Waals surface area contributed by atoms with E-state index in [2.05, 4.69) is 0 Å². The maximum atomic E-state index is 13.0. The molecule has 0 aliphatic carbocycles. The highest BCUT2D eigenvalue weighted by molar-refractivity contribution is 7.90. The lowest BCUT2D eigenvalue weighted by molar-refractivity contribution is -0.384. The Labute approximate surface area is 178 Å². The second-order valence-corrected chi connectivity index (χ2v) is 9.10. The molecule has 164 valence electrons. The van der Waals surface area contributed by atoms with Gasteiger partial charge in [-0.2, -0.15) is 0 Å². The number of benzene rings is 2. The molecule has 1 aliphatic rings. The molecule has 31 heavy (non-hydrogen) atoms. The summed E-state index contributed by atoms with van der Waals surface area (Å²) in [5.41, 5.74) is -0.160. The van der Waals surface area contributed by atoms with Crippen LogP contribution in [-0.2, 0) is 9.84 Å². The Balaban J connectivity index is 2.12. The van der Waals surface area contributed by atoms with E-state index in [9.17, 15) is 28.1 Å². The number of sulfone groups is 1. The number of methoxy groups -OCH3 is 1. The normalized spacial score (nSPS) is 14.4. The van der Waals surface area contributed by atoms with Crippen LogP contribution in [0.25, 0.3) is 0 Å². The van der Waals surface area contributed by atoms with Gasteiger partial charge in [0.2, 0.25) is 0 Å². The van der Waals surface area contributed by atoms with Crippen molar-refractivity contribution in [2.75, 3.05) is 25.7 Å². The van der Waals surface area contributed by atoms with Gasteiger partial charge in [0.25, 0.3) is 17.5 Å². The van der Waals surface area contributed by atoms with Gasteiger partial charge in [-0.1, -0.05) is 6.07 Å². The molecular formula is C20H20N2O8S. The second-order valence-electron chi connectivity index (χ2n) is 6.92. The first-order chi connectivity index (χ1) is 14.6. The third-order valence-corrected chi connectivity index (χ3v) is 5.68. The zero-order chi connectivity index (χ0) is 22.9. The molecule has 10 nitrogen and oxygen atoms in total. The highest BCUT2D eigenvalue weighted by Gasteiger charge is 2.42. The first-order valence-electron chi connectivity index (χ1n) is 9.22. The quantitative estimate of drug-likeness (QED) is 0.341. The monoisotopic (exact) mass is 448 g/mol. The van der Waals surface area contributed by atoms with Crippen molar-refractivity contribution in [3.8, 4) is 11.5 Å². The van der Waals surface area contributed by atoms with Gasteiger partial charge in [-0.25, -0.2) is 8.42 Å². The number of nitrogens with zero attached hydrogens (tertiary/aromatic N) is 2. The summed E-state index contributed by atoms with van der Waals surface area (Å²) in [7, 11) is -2.18. The second kappa shape index (κ2) is 8.34. The Hall–Kier alpha value is -3.47. The van der Waals surface area contributed by atoms with Gasteiger partial charge in [0.1, 0.15) is 9.84 Å². The maximum absolute atomic E-state index is 13.0. The molecule has 2 aromatic rings. The van der Waals surface area contributed by atoms with Crippen molar-refractivity contribution in [1.82, 2.24) is 4.90 Å². The topological polar surface area (TPSA) is 133 Å². The summed E-state index contributed by atoms with van der Waals surface area (Å²) < 4.78 is 35.0. The maximum Gasteiger partial charge on any atom is 0.270 e. The molecule has 0 saturated carbocycles. The van der Waals surface area contributed by atoms with Gasteiger partial charge in [0, 0.05) is 18.4 Å². The number of carbonyl (C=O) groups excluding carboxylic acids is 2. The largest absolute Gasteiger partial charge is 0.493 e. The Morgan fingerprint density at radius 3 is 2.32 bits per heavy atom. The number of imide groups is 1. The molecule has 2 aromatic carbocycles. The lowest BCUT2D eigenvalue weighted by Gasteiger charge is -2.26. The van der Waals surface area contributed by atoms with Crippen LogP contribution in [0, 0.1) is 10.1 Å². The van der Waals surface area contributed by atoms with E-state index >= 15 is 0 Å². The number of hydrogen-bond acceptors (Lipinski definition) is 8. The van der Waals surface area contributed by atoms with Crippen molar-refractivity contribution in [2.45, 2.75) is 13.0 Å². The number of nitro groups is 1. The van der Waals surface area contributed by atoms with Gasteiger partial charge < -0.3 is 9.47 Å². The van der Waals surface area contributed by atoms with Crippen LogP contribution in [0.2, 0.25) is 0 Å². The molecule has 0 N–H and O–H groups in total. The zero-order valence-electron chi connectivity index (χ0n) is 17.0. The predicted octanol–water partition coefficient (Wildman–Crippen LogP) is 2.38. The van der Waals surface area contributed by atoms with Crippen LogP contribution in [0.3, 0.4) is 0 Å². The summed E-state index contributed by atoms with van der Waals surface area (Å²) in [5, 5.41) is 11.1. The standard InChI is InChI=1S/C20H20N2O8S/c1-4-30-18-9-12(5-8-17(18)29-2)16(11-31(3,27)28)21-19(23)14-7-6-13(22(25)26)10-15(14)20(21)24/h5-10,16H,4,11H2,1-3H3/t16-/m1/s1. The molecule has 0 unspecified atom stereocenters. The van der Waals surface area contributed by atoms with E-state index in [0.717, 1.165) is 23.3 Å². The van der Waals surface area contributed by atoms with Crippen molar-refractivity contribution in [1.29, 1.82) is 0 Å². The molecular weight excluding hydrogens is 428 g/mol. The average molecular weight is 448 g/mol. The van der Waals surface area contributed by atoms with Crippen molar-refractivity contribution >= 4 is 27.3 Å². The lowest BCUT2D eigenvalue weighted by atomic mass is 10.1. The van der Waals surface area contributed by atoms with E-state index in [4.69, 9.17) is 9.47 Å². The van der Waals surface area contributed by atoms with Crippen molar-refractivity contribution in [2.24, 2.45) is 0 Å². The molecule has 2 amide bonds. The molecule has 3 rings (SSSR count). The number of amides is 2. The van der Waals surface area contributed by atoms with E-state index in [-0.39, 0.29) is 16.8 Å². The van der Waals surface area contributed by atoms with Gasteiger partial charge >= 0.3 is 0 Å². The molecule has 11 heteroatoms. The zero-order valence-corrected chi connectivity index (χ0v) is 17.8. The summed E-state index contributed by atoms with van der Waals surface area (Å²) in [4.78, 5) is 37.3. The van der Waals surface area contributed by atoms with Crippen LogP contribution < -0.4 is 9.47 Å². The Kier molecular flexibility index (Phi) is 5.98. The van der Waals surface area contributed by atoms with Crippen LogP contribution in [0.15, 0.2) is 36.4 Å². The number of fused-ring (bicyclic) bond motifs is 1. The number of nitro benzene ring substituents is 1. The number of carbonyl (C=O) groups is 2. The molecule has 0 fully saturated rings. The summed E-state index contributed by atoms with van der Waals surface area (Å²) in [6.45, 7) is 2.07. The molecule has 0 aromatic heterocycles. The molecule has 1 heterocycles. The first-order valence-corrected chi connectivity index (χ1v) is 11.3. The van der Waals surface area contributed by atoms with Gasteiger partial charge in [0.15, 0.2) is 11.5 Å². The molecule has 1 atom stereocenters. The lowest BCUT2D eigenvalue weighted by Crippen LogP contribution is -2.37. The van der Waals surface area contributed by atoms with Crippen molar-refractivity contribution in [3.63, 3.8) is 0 Å². The molecule has 0 radical (unpaired) electrons. The minimum atomic E-state index is -3.63. The Morgan fingerprint density at radius 1 is 1.06 bits per heavy atom. The fraction of sp³-hybridized carbons (Fsp3) is 0.300. The minimum absolute atomic E-state index is 0.0207. The van der Waals surface area contributed by atoms with Crippen LogP contribution in [-0.4, -0.2) is 55.8 Å². The highest BCUT2D eigenvalue weighted by atomic mass is 32.2. The summed E-state index contributed by atoms with van der Waals surface area (Å²) in [6, 6.07) is 6.80. The number of hydrogen-bond donors (Lipinski definition) is 0. The number of rotatable bonds is 8. The first kappa shape index (κ1) is 22.2. The third-order valence-electron chi connectivity index (χ3n) is 4.76. The van der Waals surface area contributed by atoms with Crippen molar-refractivity contribution < 1.29 is 32.4 Å². The molecule has 0 bridgehead atoms. The Bertz CT molecular complexity index is 1180. The summed E-state index contributed by atoms with van der Waals surface area (Å²) in [6.07, 6.45) is 0.996. The fourth-order valence-corrected chi connectivity index (χ4v) is 4.33. The number of ether oxygens (including phenoxy) is 2. The molecule has 0 saturated heterocycles. The Morgan fingerprint density at radius 2 is 1.74 bits per heavy atom. The third kappa shape index (κ3) is 4.36. The van der Waals surface area contributed by atoms with Gasteiger partial charge in [-0.3, -0.25) is 24.6 Å². The fourth-order valence-electron chi connectivity index (χ4n) is 3.42. The SMILES string of the molecule is CCOc1cc([C@@H](CS(C)(=O)=O)N2C(=O)c3ccc([N+](=O)[O-])cc3C2=O)ccc1OC. The van der Waals surface area contributed by atoms with Gasteiger partial charge in [0.05, 0.1) is 41.6 Å². The predicted molar refractivity (Wildman–Crippen MR) is 110 cm³/mol. The van der Waals surface area contributed by atoms with Crippen LogP contribution in [0.4, 0.5) is 5.69 Å². The van der Waals surface area contributed by atoms with Crippen molar-refractivity contribution in [3.05, 3.63) is 63.2 Å². The van der Waals surface area contributed by atoms with E-state index in [1.54, 1.807) is 19.1 Å². The van der Waals surface area contributed by atoms with Crippen LogP contribution in [0.5, 0.6) is 11.5 Å². The average Bonchev–Trinajstić information content (AvgIpc) is 2.95. The van der Waals surface area contributed by atoms with Crippen LogP contribution in [0.1, 0.15) is 39.2 Å². The van der Waals surface area contributed by atoms with Crippen LogP contribution >= 0.6 is 0 Å². The molecule has 1 aliphatic heterocycles. The number of non-ortho nitro benzene ring substituents is 1. The summed E-state index contributed by atoms with van der Waals surface area (Å²) >= 11 is 0. The smallest absolute Gasteiger partial charge is 0.270 e. The van der Waals surface area contributed by atoms with E-state index in [1.807, 2.05) is 0 Å². The minimum Gasteiger partial charge on any atom is -0.493 e. The summed E-state index contributed by atoms with van der Waals surface area (Å²) in [5.74, 6) is -1.32. The van der Waals surface area contributed by atoms with Gasteiger partial charge in [-0.05, 0) is 30.7 Å². The van der Waals surface area contributed by atoms with E-state index in [1.165, 1.54) is 19.2 Å². The van der Waals surface area contributed by atoms with E-state index in [0.29, 0.717) is 23.7 Å². The van der Waals surface area contributed by atoms with E-state index < -0.39 is 38.4 Å². The highest BCUT2D eigenvalue weighted by Crippen LogP contribution is 2.37. The molecule has 0 spiro atoms. The van der Waals surface area contributed by atoms with Gasteiger partial charge in [-0.15, -0.1) is 0 Å².